The Morgan fingerprint density at radius 1 is 1.47 bits per heavy atom. The lowest BCUT2D eigenvalue weighted by atomic mass is 10.0. The predicted octanol–water partition coefficient (Wildman–Crippen LogP) is 1.75. The summed E-state index contributed by atoms with van der Waals surface area (Å²) < 4.78 is 32.1. The summed E-state index contributed by atoms with van der Waals surface area (Å²) in [5.41, 5.74) is -0.536. The van der Waals surface area contributed by atoms with Gasteiger partial charge in [-0.2, -0.15) is 0 Å². The molecule has 0 atom stereocenters. The number of furan rings is 1. The SMILES string of the molecule is Cc1oc(C(=O)O)cc1S(=O)(=O)NC(C)(C)C1CC1. The maximum Gasteiger partial charge on any atom is 0.371 e. The molecule has 1 aliphatic rings. The topological polar surface area (TPSA) is 96.6 Å². The van der Waals surface area contributed by atoms with Crippen molar-refractivity contribution in [3.8, 4) is 0 Å². The molecule has 0 unspecified atom stereocenters. The molecule has 1 heterocycles. The fourth-order valence-electron chi connectivity index (χ4n) is 2.13. The average Bonchev–Trinajstić information content (AvgIpc) is 3.00. The van der Waals surface area contributed by atoms with Crippen LogP contribution in [0.25, 0.3) is 0 Å². The first kappa shape index (κ1) is 14.1. The van der Waals surface area contributed by atoms with Crippen molar-refractivity contribution in [2.75, 3.05) is 0 Å². The van der Waals surface area contributed by atoms with Gasteiger partial charge in [0.05, 0.1) is 0 Å². The standard InChI is InChI=1S/C12H17NO5S/c1-7-10(6-9(18-7)11(14)15)19(16,17)13-12(2,3)8-4-5-8/h6,8,13H,4-5H2,1-3H3,(H,14,15). The maximum absolute atomic E-state index is 12.3. The fourth-order valence-corrected chi connectivity index (χ4v) is 3.78. The van der Waals surface area contributed by atoms with Crippen LogP contribution >= 0.6 is 0 Å². The highest BCUT2D eigenvalue weighted by Gasteiger charge is 2.41. The Morgan fingerprint density at radius 2 is 2.05 bits per heavy atom. The number of aryl methyl sites for hydroxylation is 1. The molecule has 6 nitrogen and oxygen atoms in total. The van der Waals surface area contributed by atoms with Crippen LogP contribution in [0.5, 0.6) is 0 Å². The Balaban J connectivity index is 2.31. The summed E-state index contributed by atoms with van der Waals surface area (Å²) in [6.07, 6.45) is 2.00. The minimum absolute atomic E-state index is 0.0801. The molecule has 2 rings (SSSR count). The monoisotopic (exact) mass is 287 g/mol. The number of carbonyl (C=O) groups is 1. The van der Waals surface area contributed by atoms with Gasteiger partial charge >= 0.3 is 5.97 Å². The third-order valence-corrected chi connectivity index (χ3v) is 5.15. The van der Waals surface area contributed by atoms with Gasteiger partial charge in [0, 0.05) is 11.6 Å². The molecule has 1 aromatic heterocycles. The molecule has 106 valence electrons. The first-order valence-electron chi connectivity index (χ1n) is 6.01. The first-order chi connectivity index (χ1) is 8.63. The van der Waals surface area contributed by atoms with Crippen molar-refractivity contribution in [1.29, 1.82) is 0 Å². The van der Waals surface area contributed by atoms with E-state index in [9.17, 15) is 13.2 Å². The second-order valence-electron chi connectivity index (χ2n) is 5.44. The van der Waals surface area contributed by atoms with E-state index < -0.39 is 21.5 Å². The van der Waals surface area contributed by atoms with Gasteiger partial charge in [0.25, 0.3) is 0 Å². The minimum atomic E-state index is -3.77. The van der Waals surface area contributed by atoms with Crippen LogP contribution in [0.1, 0.15) is 43.0 Å². The van der Waals surface area contributed by atoms with Gasteiger partial charge < -0.3 is 9.52 Å². The quantitative estimate of drug-likeness (QED) is 0.860. The summed E-state index contributed by atoms with van der Waals surface area (Å²) >= 11 is 0. The van der Waals surface area contributed by atoms with Crippen molar-refractivity contribution in [2.45, 2.75) is 44.0 Å². The average molecular weight is 287 g/mol. The van der Waals surface area contributed by atoms with Gasteiger partial charge in [-0.25, -0.2) is 17.9 Å². The molecule has 1 aromatic rings. The summed E-state index contributed by atoms with van der Waals surface area (Å²) in [5.74, 6) is -1.25. The van der Waals surface area contributed by atoms with Gasteiger partial charge in [-0.1, -0.05) is 0 Å². The molecule has 0 aliphatic heterocycles. The van der Waals surface area contributed by atoms with Gasteiger partial charge in [-0.15, -0.1) is 0 Å². The Labute approximate surface area is 111 Å². The van der Waals surface area contributed by atoms with Crippen LogP contribution in [0.3, 0.4) is 0 Å². The van der Waals surface area contributed by atoms with Crippen molar-refractivity contribution >= 4 is 16.0 Å². The number of carboxylic acid groups (broad SMARTS) is 1. The smallest absolute Gasteiger partial charge is 0.371 e. The highest BCUT2D eigenvalue weighted by atomic mass is 32.2. The van der Waals surface area contributed by atoms with E-state index in [1.165, 1.54) is 6.92 Å². The number of hydrogen-bond donors (Lipinski definition) is 2. The Bertz CT molecular complexity index is 610. The van der Waals surface area contributed by atoms with Crippen molar-refractivity contribution in [3.63, 3.8) is 0 Å². The van der Waals surface area contributed by atoms with E-state index in [0.29, 0.717) is 5.92 Å². The van der Waals surface area contributed by atoms with Crippen LogP contribution in [0.2, 0.25) is 0 Å². The van der Waals surface area contributed by atoms with E-state index in [-0.39, 0.29) is 16.4 Å². The fraction of sp³-hybridized carbons (Fsp3) is 0.583. The molecular formula is C12H17NO5S. The van der Waals surface area contributed by atoms with E-state index in [1.54, 1.807) is 0 Å². The highest BCUT2D eigenvalue weighted by Crippen LogP contribution is 2.40. The van der Waals surface area contributed by atoms with Gasteiger partial charge in [0.1, 0.15) is 10.7 Å². The molecule has 19 heavy (non-hydrogen) atoms. The number of aromatic carboxylic acids is 1. The van der Waals surface area contributed by atoms with Crippen molar-refractivity contribution in [3.05, 3.63) is 17.6 Å². The van der Waals surface area contributed by atoms with Crippen LogP contribution in [0, 0.1) is 12.8 Å². The van der Waals surface area contributed by atoms with Crippen molar-refractivity contribution in [1.82, 2.24) is 4.72 Å². The molecule has 0 aromatic carbocycles. The third-order valence-electron chi connectivity index (χ3n) is 3.37. The van der Waals surface area contributed by atoms with Gasteiger partial charge in [0.15, 0.2) is 0 Å². The Morgan fingerprint density at radius 3 is 2.47 bits per heavy atom. The van der Waals surface area contributed by atoms with Gasteiger partial charge in [-0.05, 0) is 39.5 Å². The normalized spacial score (nSPS) is 16.6. The van der Waals surface area contributed by atoms with Gasteiger partial charge in [-0.3, -0.25) is 0 Å². The number of sulfonamides is 1. The first-order valence-corrected chi connectivity index (χ1v) is 7.49. The van der Waals surface area contributed by atoms with E-state index in [1.807, 2.05) is 13.8 Å². The zero-order chi connectivity index (χ0) is 14.4. The summed E-state index contributed by atoms with van der Waals surface area (Å²) in [6.45, 7) is 5.09. The largest absolute Gasteiger partial charge is 0.475 e. The van der Waals surface area contributed by atoms with Crippen molar-refractivity contribution < 1.29 is 22.7 Å². The molecule has 1 aliphatic carbocycles. The number of rotatable bonds is 5. The number of hydrogen-bond acceptors (Lipinski definition) is 4. The van der Waals surface area contributed by atoms with E-state index >= 15 is 0 Å². The lowest BCUT2D eigenvalue weighted by Crippen LogP contribution is -2.45. The Hall–Kier alpha value is -1.34. The summed E-state index contributed by atoms with van der Waals surface area (Å²) in [5, 5.41) is 8.81. The van der Waals surface area contributed by atoms with E-state index in [2.05, 4.69) is 4.72 Å². The highest BCUT2D eigenvalue weighted by molar-refractivity contribution is 7.89. The molecule has 1 saturated carbocycles. The van der Waals surface area contributed by atoms with Crippen LogP contribution in [0.4, 0.5) is 0 Å². The molecule has 0 spiro atoms. The van der Waals surface area contributed by atoms with Crippen LogP contribution in [-0.2, 0) is 10.0 Å². The van der Waals surface area contributed by atoms with E-state index in [0.717, 1.165) is 18.9 Å². The molecule has 2 N–H and O–H groups in total. The lowest BCUT2D eigenvalue weighted by molar-refractivity contribution is 0.0661. The molecular weight excluding hydrogens is 270 g/mol. The zero-order valence-electron chi connectivity index (χ0n) is 11.1. The van der Waals surface area contributed by atoms with Gasteiger partial charge in [0.2, 0.25) is 15.8 Å². The zero-order valence-corrected chi connectivity index (χ0v) is 11.9. The Kier molecular flexibility index (Phi) is 3.22. The summed E-state index contributed by atoms with van der Waals surface area (Å²) in [7, 11) is -3.77. The van der Waals surface area contributed by atoms with Crippen LogP contribution < -0.4 is 4.72 Å². The van der Waals surface area contributed by atoms with E-state index in [4.69, 9.17) is 9.52 Å². The van der Waals surface area contributed by atoms with Crippen molar-refractivity contribution in [2.24, 2.45) is 5.92 Å². The summed E-state index contributed by atoms with van der Waals surface area (Å²) in [6, 6.07) is 1.04. The molecule has 0 radical (unpaired) electrons. The molecule has 0 bridgehead atoms. The molecule has 0 saturated heterocycles. The predicted molar refractivity (Wildman–Crippen MR) is 67.5 cm³/mol. The lowest BCUT2D eigenvalue weighted by Gasteiger charge is -2.25. The second kappa shape index (κ2) is 4.35. The molecule has 0 amide bonds. The third kappa shape index (κ3) is 2.82. The minimum Gasteiger partial charge on any atom is -0.475 e. The summed E-state index contributed by atoms with van der Waals surface area (Å²) in [4.78, 5) is 10.7. The molecule has 1 fully saturated rings. The number of nitrogens with one attached hydrogen (secondary N) is 1. The van der Waals surface area contributed by atoms with Crippen LogP contribution in [-0.4, -0.2) is 25.0 Å². The van der Waals surface area contributed by atoms with Crippen LogP contribution in [0.15, 0.2) is 15.4 Å². The number of carboxylic acids is 1. The molecule has 7 heteroatoms. The maximum atomic E-state index is 12.3. The second-order valence-corrected chi connectivity index (χ2v) is 7.09.